The minimum Gasteiger partial charge on any atom is -0.325 e. The number of amides is 1. The van der Waals surface area contributed by atoms with Gasteiger partial charge in [-0.1, -0.05) is 0 Å². The molecule has 1 aliphatic rings. The Labute approximate surface area is 94.6 Å². The molecule has 0 unspecified atom stereocenters. The normalized spacial score (nSPS) is 18.1. The first kappa shape index (κ1) is 11.1. The quantitative estimate of drug-likeness (QED) is 0.804. The number of carbonyl (C=O) groups excluding carboxylic acids is 1. The minimum absolute atomic E-state index is 0.104. The Morgan fingerprint density at radius 3 is 2.44 bits per heavy atom. The lowest BCUT2D eigenvalue weighted by molar-refractivity contribution is -0.119. The molecule has 4 nitrogen and oxygen atoms in total. The van der Waals surface area contributed by atoms with E-state index in [0.29, 0.717) is 5.69 Å². The van der Waals surface area contributed by atoms with E-state index in [4.69, 9.17) is 0 Å². The minimum atomic E-state index is -3.23. The third kappa shape index (κ3) is 1.51. The van der Waals surface area contributed by atoms with Crippen LogP contribution in [-0.4, -0.2) is 20.6 Å². The van der Waals surface area contributed by atoms with Crippen molar-refractivity contribution in [3.05, 3.63) is 23.8 Å². The Kier molecular flexibility index (Phi) is 2.14. The lowest BCUT2D eigenvalue weighted by Gasteiger charge is -2.15. The highest BCUT2D eigenvalue weighted by Gasteiger charge is 2.38. The number of nitrogens with one attached hydrogen (secondary N) is 1. The molecule has 1 aromatic rings. The highest BCUT2D eigenvalue weighted by molar-refractivity contribution is 7.90. The number of sulfone groups is 1. The van der Waals surface area contributed by atoms with Gasteiger partial charge < -0.3 is 5.32 Å². The molecule has 16 heavy (non-hydrogen) atoms. The fourth-order valence-corrected chi connectivity index (χ4v) is 2.43. The second-order valence-corrected chi connectivity index (χ2v) is 6.57. The maximum Gasteiger partial charge on any atom is 0.234 e. The SMILES string of the molecule is CC1(C)C(=O)Nc2ccc(S(C)(=O)=O)cc21. The first-order chi connectivity index (χ1) is 7.23. The summed E-state index contributed by atoms with van der Waals surface area (Å²) in [4.78, 5) is 11.9. The van der Waals surface area contributed by atoms with Crippen molar-refractivity contribution >= 4 is 21.4 Å². The van der Waals surface area contributed by atoms with Crippen molar-refractivity contribution in [2.24, 2.45) is 0 Å². The van der Waals surface area contributed by atoms with Gasteiger partial charge in [-0.2, -0.15) is 0 Å². The first-order valence-corrected chi connectivity index (χ1v) is 6.78. The second-order valence-electron chi connectivity index (χ2n) is 4.56. The molecule has 0 atom stereocenters. The van der Waals surface area contributed by atoms with Crippen molar-refractivity contribution in [3.8, 4) is 0 Å². The van der Waals surface area contributed by atoms with E-state index in [1.165, 1.54) is 6.07 Å². The van der Waals surface area contributed by atoms with Crippen LogP contribution in [0.15, 0.2) is 23.1 Å². The van der Waals surface area contributed by atoms with Gasteiger partial charge in [-0.25, -0.2) is 8.42 Å². The molecule has 0 bridgehead atoms. The zero-order valence-corrected chi connectivity index (χ0v) is 10.2. The highest BCUT2D eigenvalue weighted by atomic mass is 32.2. The molecule has 0 spiro atoms. The third-order valence-corrected chi connectivity index (χ3v) is 4.02. The highest BCUT2D eigenvalue weighted by Crippen LogP contribution is 2.38. The van der Waals surface area contributed by atoms with Crippen LogP contribution in [0.1, 0.15) is 19.4 Å². The standard InChI is InChI=1S/C11H13NO3S/c1-11(2)8-6-7(16(3,14)15)4-5-9(8)12-10(11)13/h4-6H,1-3H3,(H,12,13). The number of fused-ring (bicyclic) bond motifs is 1. The zero-order chi connectivity index (χ0) is 12.1. The summed E-state index contributed by atoms with van der Waals surface area (Å²) < 4.78 is 22.8. The summed E-state index contributed by atoms with van der Waals surface area (Å²) in [7, 11) is -3.23. The van der Waals surface area contributed by atoms with E-state index >= 15 is 0 Å². The third-order valence-electron chi connectivity index (χ3n) is 2.91. The molecule has 5 heteroatoms. The Morgan fingerprint density at radius 1 is 1.25 bits per heavy atom. The van der Waals surface area contributed by atoms with Crippen LogP contribution in [0.3, 0.4) is 0 Å². The van der Waals surface area contributed by atoms with Gasteiger partial charge in [0.15, 0.2) is 9.84 Å². The van der Waals surface area contributed by atoms with Crippen molar-refractivity contribution in [3.63, 3.8) is 0 Å². The molecule has 0 radical (unpaired) electrons. The van der Waals surface area contributed by atoms with Gasteiger partial charge >= 0.3 is 0 Å². The van der Waals surface area contributed by atoms with Gasteiger partial charge in [-0.15, -0.1) is 0 Å². The summed E-state index contributed by atoms with van der Waals surface area (Å²) in [5.41, 5.74) is 0.763. The van der Waals surface area contributed by atoms with Crippen molar-refractivity contribution in [1.82, 2.24) is 0 Å². The molecule has 1 aliphatic heterocycles. The molecule has 0 fully saturated rings. The van der Waals surface area contributed by atoms with E-state index in [1.807, 2.05) is 0 Å². The predicted octanol–water partition coefficient (Wildman–Crippen LogP) is 1.32. The van der Waals surface area contributed by atoms with Crippen molar-refractivity contribution in [2.75, 3.05) is 11.6 Å². The summed E-state index contributed by atoms with van der Waals surface area (Å²) in [5, 5.41) is 2.73. The second kappa shape index (κ2) is 3.07. The van der Waals surface area contributed by atoms with E-state index < -0.39 is 15.3 Å². The van der Waals surface area contributed by atoms with E-state index in [-0.39, 0.29) is 10.8 Å². The Balaban J connectivity index is 2.66. The van der Waals surface area contributed by atoms with Crippen LogP contribution in [0.5, 0.6) is 0 Å². The van der Waals surface area contributed by atoms with Crippen LogP contribution in [0.4, 0.5) is 5.69 Å². The zero-order valence-electron chi connectivity index (χ0n) is 9.37. The van der Waals surface area contributed by atoms with Crippen LogP contribution in [0.2, 0.25) is 0 Å². The van der Waals surface area contributed by atoms with Gasteiger partial charge in [0.05, 0.1) is 10.3 Å². The molecule has 1 amide bonds. The van der Waals surface area contributed by atoms with Gasteiger partial charge in [-0.05, 0) is 37.6 Å². The molecule has 0 aliphatic carbocycles. The van der Waals surface area contributed by atoms with Gasteiger partial charge in [0.25, 0.3) is 0 Å². The van der Waals surface area contributed by atoms with Crippen LogP contribution >= 0.6 is 0 Å². The number of hydrogen-bond acceptors (Lipinski definition) is 3. The number of anilines is 1. The molecule has 0 saturated heterocycles. The summed E-state index contributed by atoms with van der Waals surface area (Å²) in [6, 6.07) is 4.72. The molecule has 1 aromatic carbocycles. The van der Waals surface area contributed by atoms with Crippen molar-refractivity contribution < 1.29 is 13.2 Å². The summed E-state index contributed by atoms with van der Waals surface area (Å²) in [5.74, 6) is -0.104. The van der Waals surface area contributed by atoms with Crippen molar-refractivity contribution in [1.29, 1.82) is 0 Å². The summed E-state index contributed by atoms with van der Waals surface area (Å²) in [6.45, 7) is 3.56. The summed E-state index contributed by atoms with van der Waals surface area (Å²) in [6.07, 6.45) is 1.16. The van der Waals surface area contributed by atoms with Gasteiger partial charge in [0.1, 0.15) is 0 Å². The topological polar surface area (TPSA) is 63.2 Å². The average molecular weight is 239 g/mol. The first-order valence-electron chi connectivity index (χ1n) is 4.89. The van der Waals surface area contributed by atoms with Crippen LogP contribution in [0.25, 0.3) is 0 Å². The van der Waals surface area contributed by atoms with Gasteiger partial charge in [-0.3, -0.25) is 4.79 Å². The van der Waals surface area contributed by atoms with Crippen LogP contribution < -0.4 is 5.32 Å². The average Bonchev–Trinajstić information content (AvgIpc) is 2.37. The molecule has 1 N–H and O–H groups in total. The van der Waals surface area contributed by atoms with E-state index in [0.717, 1.165) is 11.8 Å². The van der Waals surface area contributed by atoms with Gasteiger partial charge in [0.2, 0.25) is 5.91 Å². The summed E-state index contributed by atoms with van der Waals surface area (Å²) >= 11 is 0. The number of rotatable bonds is 1. The Bertz CT molecular complexity index is 573. The molecule has 86 valence electrons. The number of benzene rings is 1. The van der Waals surface area contributed by atoms with Crippen molar-refractivity contribution in [2.45, 2.75) is 24.2 Å². The fraction of sp³-hybridized carbons (Fsp3) is 0.364. The number of hydrogen-bond donors (Lipinski definition) is 1. The Hall–Kier alpha value is -1.36. The molecular weight excluding hydrogens is 226 g/mol. The van der Waals surface area contributed by atoms with Gasteiger partial charge in [0, 0.05) is 11.9 Å². The molecule has 1 heterocycles. The van der Waals surface area contributed by atoms with Crippen LogP contribution in [0, 0.1) is 0 Å². The Morgan fingerprint density at radius 2 is 1.88 bits per heavy atom. The number of carbonyl (C=O) groups is 1. The van der Waals surface area contributed by atoms with E-state index in [2.05, 4.69) is 5.32 Å². The lowest BCUT2D eigenvalue weighted by Crippen LogP contribution is -2.26. The maximum absolute atomic E-state index is 11.7. The van der Waals surface area contributed by atoms with E-state index in [1.54, 1.807) is 26.0 Å². The fourth-order valence-electron chi connectivity index (χ4n) is 1.78. The molecule has 0 aromatic heterocycles. The van der Waals surface area contributed by atoms with Crippen LogP contribution in [-0.2, 0) is 20.0 Å². The predicted molar refractivity (Wildman–Crippen MR) is 61.2 cm³/mol. The molecule has 0 saturated carbocycles. The molecular formula is C11H13NO3S. The van der Waals surface area contributed by atoms with E-state index in [9.17, 15) is 13.2 Å². The molecule has 2 rings (SSSR count). The monoisotopic (exact) mass is 239 g/mol. The largest absolute Gasteiger partial charge is 0.325 e. The maximum atomic E-state index is 11.7. The smallest absolute Gasteiger partial charge is 0.234 e. The lowest BCUT2D eigenvalue weighted by atomic mass is 9.86.